The van der Waals surface area contributed by atoms with Crippen molar-refractivity contribution in [2.75, 3.05) is 26.4 Å². The minimum atomic E-state index is -4.75. The Balaban J connectivity index is 1.61. The second-order valence-electron chi connectivity index (χ2n) is 11.6. The number of halogens is 3. The molecule has 246 valence electrons. The highest BCUT2D eigenvalue weighted by molar-refractivity contribution is 7.89. The van der Waals surface area contributed by atoms with Crippen molar-refractivity contribution in [1.29, 1.82) is 0 Å². The minimum absolute atomic E-state index is 0.0403. The van der Waals surface area contributed by atoms with Crippen LogP contribution in [0.2, 0.25) is 0 Å². The lowest BCUT2D eigenvalue weighted by molar-refractivity contribution is -0.147. The van der Waals surface area contributed by atoms with E-state index in [4.69, 9.17) is 9.47 Å². The van der Waals surface area contributed by atoms with Crippen molar-refractivity contribution in [3.05, 3.63) is 76.6 Å². The molecule has 5 heterocycles. The minimum Gasteiger partial charge on any atom is -0.481 e. The third-order valence-corrected chi connectivity index (χ3v) is 9.96. The number of nitrogens with zero attached hydrogens (tertiary/aromatic N) is 6. The van der Waals surface area contributed by atoms with Gasteiger partial charge in [-0.2, -0.15) is 17.5 Å². The molecule has 16 heteroatoms. The van der Waals surface area contributed by atoms with Crippen LogP contribution in [0.3, 0.4) is 0 Å². The van der Waals surface area contributed by atoms with Gasteiger partial charge in [0, 0.05) is 49.9 Å². The molecule has 0 radical (unpaired) electrons. The number of carboxylic acids is 1. The second-order valence-corrected chi connectivity index (χ2v) is 13.5. The van der Waals surface area contributed by atoms with Crippen molar-refractivity contribution in [3.8, 4) is 5.88 Å². The lowest BCUT2D eigenvalue weighted by Gasteiger charge is -2.32. The van der Waals surface area contributed by atoms with Crippen LogP contribution in [0.1, 0.15) is 60.0 Å². The molecule has 0 saturated carbocycles. The van der Waals surface area contributed by atoms with Crippen LogP contribution in [0.15, 0.2) is 47.8 Å². The van der Waals surface area contributed by atoms with E-state index in [2.05, 4.69) is 20.2 Å². The molecule has 5 rings (SSSR count). The molecule has 0 spiro atoms. The first-order chi connectivity index (χ1) is 21.6. The van der Waals surface area contributed by atoms with Gasteiger partial charge in [0.2, 0.25) is 21.7 Å². The molecule has 0 aliphatic carbocycles. The maximum Gasteiger partial charge on any atom is 0.452 e. The molecule has 12 nitrogen and oxygen atoms in total. The number of pyridine rings is 3. The standard InChI is InChI=1S/C30H33F3N6O6S/c1-18-16-35-22(15-20(18)17-38-10-6-12-44-13-14-45-26-23(46(38,42)43)7-5-9-34-26)24(29(3,4)28(40)41)21-8-11-39-25(19(21)2)36-37-27(39)30(31,32)33/h5,7-9,11,15-16,24H,6,10,12-14,17H2,1-4H3,(H,40,41)/t24-/m1/s1. The topological polar surface area (TPSA) is 149 Å². The number of aliphatic carboxylic acids is 1. The van der Waals surface area contributed by atoms with E-state index in [0.29, 0.717) is 41.0 Å². The van der Waals surface area contributed by atoms with E-state index in [1.165, 1.54) is 48.7 Å². The van der Waals surface area contributed by atoms with Crippen molar-refractivity contribution in [2.24, 2.45) is 5.41 Å². The summed E-state index contributed by atoms with van der Waals surface area (Å²) in [7, 11) is -4.12. The summed E-state index contributed by atoms with van der Waals surface area (Å²) in [5.41, 5.74) is 0.610. The fraction of sp³-hybridized carbons (Fsp3) is 0.433. The summed E-state index contributed by atoms with van der Waals surface area (Å²) in [6.07, 6.45) is -0.219. The number of sulfonamides is 1. The fourth-order valence-electron chi connectivity index (χ4n) is 5.49. The fourth-order valence-corrected chi connectivity index (χ4v) is 7.03. The molecular formula is C30H33F3N6O6S. The predicted octanol–water partition coefficient (Wildman–Crippen LogP) is 4.39. The molecule has 0 saturated heterocycles. The van der Waals surface area contributed by atoms with E-state index in [-0.39, 0.29) is 42.7 Å². The van der Waals surface area contributed by atoms with Gasteiger partial charge in [-0.3, -0.25) is 14.2 Å². The summed E-state index contributed by atoms with van der Waals surface area (Å²) >= 11 is 0. The van der Waals surface area contributed by atoms with Gasteiger partial charge in [-0.15, -0.1) is 10.2 Å². The number of aromatic nitrogens is 5. The molecule has 4 aromatic heterocycles. The van der Waals surface area contributed by atoms with Crippen molar-refractivity contribution in [2.45, 2.75) is 57.7 Å². The Morgan fingerprint density at radius 3 is 2.59 bits per heavy atom. The number of fused-ring (bicyclic) bond motifs is 2. The van der Waals surface area contributed by atoms with Crippen LogP contribution in [0.5, 0.6) is 5.88 Å². The Morgan fingerprint density at radius 1 is 1.11 bits per heavy atom. The van der Waals surface area contributed by atoms with E-state index in [0.717, 1.165) is 10.6 Å². The summed E-state index contributed by atoms with van der Waals surface area (Å²) in [6.45, 7) is 7.03. The van der Waals surface area contributed by atoms with Gasteiger partial charge in [0.25, 0.3) is 0 Å². The van der Waals surface area contributed by atoms with Gasteiger partial charge in [-0.1, -0.05) is 0 Å². The van der Waals surface area contributed by atoms with Crippen LogP contribution >= 0.6 is 0 Å². The summed E-state index contributed by atoms with van der Waals surface area (Å²) < 4.78 is 81.9. The van der Waals surface area contributed by atoms with Crippen molar-refractivity contribution < 1.29 is 41.0 Å². The zero-order valence-electron chi connectivity index (χ0n) is 25.6. The molecule has 0 fully saturated rings. The van der Waals surface area contributed by atoms with E-state index >= 15 is 0 Å². The van der Waals surface area contributed by atoms with E-state index in [9.17, 15) is 31.5 Å². The van der Waals surface area contributed by atoms with Crippen LogP contribution in [0, 0.1) is 19.3 Å². The third kappa shape index (κ3) is 6.28. The highest BCUT2D eigenvalue weighted by atomic mass is 32.2. The number of carbonyl (C=O) groups is 1. The first-order valence-corrected chi connectivity index (χ1v) is 15.8. The van der Waals surface area contributed by atoms with Gasteiger partial charge >= 0.3 is 12.1 Å². The van der Waals surface area contributed by atoms with Crippen LogP contribution in [0.25, 0.3) is 5.65 Å². The Kier molecular flexibility index (Phi) is 9.07. The van der Waals surface area contributed by atoms with Gasteiger partial charge in [-0.05, 0) is 80.6 Å². The molecular weight excluding hydrogens is 629 g/mol. The lowest BCUT2D eigenvalue weighted by Crippen LogP contribution is -2.34. The highest BCUT2D eigenvalue weighted by Gasteiger charge is 2.42. The van der Waals surface area contributed by atoms with E-state index < -0.39 is 39.3 Å². The number of carboxylic acid groups (broad SMARTS) is 1. The quantitative estimate of drug-likeness (QED) is 0.315. The SMILES string of the molecule is Cc1cnc([C@@H](c2ccn3c(C(F)(F)F)nnc3c2C)C(C)(C)C(=O)O)cc1CN1CCCOCCOc2ncccc2S1(=O)=O. The van der Waals surface area contributed by atoms with Crippen LogP contribution in [-0.4, -0.2) is 74.7 Å². The van der Waals surface area contributed by atoms with Crippen LogP contribution in [-0.2, 0) is 32.3 Å². The van der Waals surface area contributed by atoms with Crippen LogP contribution < -0.4 is 4.74 Å². The summed E-state index contributed by atoms with van der Waals surface area (Å²) in [5.74, 6) is -3.38. The van der Waals surface area contributed by atoms with Crippen LogP contribution in [0.4, 0.5) is 13.2 Å². The molecule has 1 atom stereocenters. The molecule has 4 aromatic rings. The van der Waals surface area contributed by atoms with Crippen molar-refractivity contribution in [3.63, 3.8) is 0 Å². The van der Waals surface area contributed by atoms with E-state index in [1.54, 1.807) is 19.9 Å². The number of alkyl halides is 3. The van der Waals surface area contributed by atoms with Gasteiger partial charge in [0.05, 0.1) is 12.0 Å². The second kappa shape index (κ2) is 12.6. The third-order valence-electron chi connectivity index (χ3n) is 8.10. The average Bonchev–Trinajstić information content (AvgIpc) is 3.43. The molecule has 1 N–H and O–H groups in total. The smallest absolute Gasteiger partial charge is 0.452 e. The Labute approximate surface area is 263 Å². The number of ether oxygens (including phenoxy) is 2. The molecule has 1 aliphatic heterocycles. The largest absolute Gasteiger partial charge is 0.481 e. The summed E-state index contributed by atoms with van der Waals surface area (Å²) in [4.78, 5) is 21.2. The molecule has 0 unspecified atom stereocenters. The van der Waals surface area contributed by atoms with Crippen molar-refractivity contribution >= 4 is 21.6 Å². The summed E-state index contributed by atoms with van der Waals surface area (Å²) in [5, 5.41) is 17.4. The number of aryl methyl sites for hydroxylation is 2. The Hall–Kier alpha value is -4.15. The highest BCUT2D eigenvalue weighted by Crippen LogP contribution is 2.43. The predicted molar refractivity (Wildman–Crippen MR) is 158 cm³/mol. The van der Waals surface area contributed by atoms with Gasteiger partial charge < -0.3 is 14.6 Å². The number of rotatable bonds is 6. The monoisotopic (exact) mass is 662 g/mol. The normalized spacial score (nSPS) is 17.1. The lowest BCUT2D eigenvalue weighted by atomic mass is 9.71. The molecule has 0 bridgehead atoms. The molecule has 1 aliphatic rings. The maximum absolute atomic E-state index is 14.0. The first kappa shape index (κ1) is 33.2. The average molecular weight is 663 g/mol. The zero-order valence-corrected chi connectivity index (χ0v) is 26.4. The molecule has 0 amide bonds. The van der Waals surface area contributed by atoms with Gasteiger partial charge in [0.15, 0.2) is 5.65 Å². The molecule has 46 heavy (non-hydrogen) atoms. The van der Waals surface area contributed by atoms with E-state index in [1.807, 2.05) is 0 Å². The first-order valence-electron chi connectivity index (χ1n) is 14.4. The molecule has 0 aromatic carbocycles. The Morgan fingerprint density at radius 2 is 1.87 bits per heavy atom. The Bertz CT molecular complexity index is 1880. The summed E-state index contributed by atoms with van der Waals surface area (Å²) in [6, 6.07) is 6.00. The number of hydrogen-bond donors (Lipinski definition) is 1. The number of hydrogen-bond acceptors (Lipinski definition) is 9. The van der Waals surface area contributed by atoms with Crippen molar-refractivity contribution in [1.82, 2.24) is 28.9 Å². The zero-order chi connectivity index (χ0) is 33.4. The van der Waals surface area contributed by atoms with Gasteiger partial charge in [-0.25, -0.2) is 13.4 Å². The van der Waals surface area contributed by atoms with Gasteiger partial charge in [0.1, 0.15) is 11.5 Å². The maximum atomic E-state index is 14.0.